The van der Waals surface area contributed by atoms with E-state index in [4.69, 9.17) is 9.78 Å². The van der Waals surface area contributed by atoms with Crippen LogP contribution < -0.4 is 0 Å². The van der Waals surface area contributed by atoms with E-state index in [1.54, 1.807) is 7.11 Å². The van der Waals surface area contributed by atoms with Crippen LogP contribution in [0, 0.1) is 5.92 Å². The third-order valence-corrected chi connectivity index (χ3v) is 5.91. The molecule has 0 heterocycles. The van der Waals surface area contributed by atoms with Crippen molar-refractivity contribution in [2.75, 3.05) is 7.11 Å². The minimum atomic E-state index is 0.107. The quantitative estimate of drug-likeness (QED) is 0.271. The summed E-state index contributed by atoms with van der Waals surface area (Å²) in [5, 5.41) is 0. The first-order chi connectivity index (χ1) is 17.8. The van der Waals surface area contributed by atoms with Gasteiger partial charge in [0.2, 0.25) is 0 Å². The van der Waals surface area contributed by atoms with Crippen molar-refractivity contribution in [2.45, 2.75) is 126 Å². The molecule has 1 unspecified atom stereocenters. The van der Waals surface area contributed by atoms with Crippen LogP contribution in [0.1, 0.15) is 130 Å². The maximum atomic E-state index is 5.09. The average molecular weight is 513 g/mol. The molecule has 0 amide bonds. The van der Waals surface area contributed by atoms with Crippen molar-refractivity contribution < 1.29 is 9.78 Å². The van der Waals surface area contributed by atoms with Gasteiger partial charge in [-0.05, 0) is 62.1 Å². The van der Waals surface area contributed by atoms with E-state index >= 15 is 0 Å². The highest BCUT2D eigenvalue weighted by Crippen LogP contribution is 2.32. The van der Waals surface area contributed by atoms with E-state index in [1.807, 2.05) is 40.7 Å². The van der Waals surface area contributed by atoms with Gasteiger partial charge in [-0.3, -0.25) is 0 Å². The second-order valence-electron chi connectivity index (χ2n) is 9.79. The lowest BCUT2D eigenvalue weighted by Crippen LogP contribution is -2.11. The fraction of sp³-hybridized carbons (Fsp3) is 0.600. The van der Waals surface area contributed by atoms with Crippen molar-refractivity contribution in [1.29, 1.82) is 0 Å². The summed E-state index contributed by atoms with van der Waals surface area (Å²) in [6.07, 6.45) is 11.4. The van der Waals surface area contributed by atoms with Gasteiger partial charge in [0.1, 0.15) is 0 Å². The molecular formula is C35H60O2. The van der Waals surface area contributed by atoms with Crippen LogP contribution in [0.3, 0.4) is 0 Å². The molecule has 1 aliphatic carbocycles. The third kappa shape index (κ3) is 20.8. The van der Waals surface area contributed by atoms with Gasteiger partial charge in [-0.25, -0.2) is 9.78 Å². The summed E-state index contributed by atoms with van der Waals surface area (Å²) in [7, 11) is 1.56. The Morgan fingerprint density at radius 2 is 1.35 bits per heavy atom. The number of hydrogen-bond donors (Lipinski definition) is 0. The molecule has 37 heavy (non-hydrogen) atoms. The molecule has 0 aliphatic heterocycles. The van der Waals surface area contributed by atoms with E-state index in [0.29, 0.717) is 0 Å². The summed E-state index contributed by atoms with van der Waals surface area (Å²) < 4.78 is 0. The molecule has 0 bridgehead atoms. The van der Waals surface area contributed by atoms with Gasteiger partial charge in [0, 0.05) is 6.42 Å². The molecule has 0 saturated heterocycles. The van der Waals surface area contributed by atoms with E-state index in [-0.39, 0.29) is 6.10 Å². The Hall–Kier alpha value is -1.90. The molecule has 1 saturated carbocycles. The van der Waals surface area contributed by atoms with Gasteiger partial charge >= 0.3 is 0 Å². The van der Waals surface area contributed by atoms with E-state index in [2.05, 4.69) is 89.2 Å². The van der Waals surface area contributed by atoms with Gasteiger partial charge in [0.05, 0.1) is 13.2 Å². The molecule has 1 atom stereocenters. The summed E-state index contributed by atoms with van der Waals surface area (Å²) in [5.74, 6) is 1.68. The molecule has 2 aromatic carbocycles. The topological polar surface area (TPSA) is 18.5 Å². The fourth-order valence-electron chi connectivity index (χ4n) is 3.77. The van der Waals surface area contributed by atoms with Crippen molar-refractivity contribution in [2.24, 2.45) is 5.92 Å². The molecule has 212 valence electrons. The monoisotopic (exact) mass is 512 g/mol. The Morgan fingerprint density at radius 3 is 1.78 bits per heavy atom. The van der Waals surface area contributed by atoms with Crippen LogP contribution in [0.5, 0.6) is 0 Å². The van der Waals surface area contributed by atoms with Crippen LogP contribution in [-0.2, 0) is 16.2 Å². The van der Waals surface area contributed by atoms with Crippen LogP contribution in [0.4, 0.5) is 0 Å². The summed E-state index contributed by atoms with van der Waals surface area (Å²) in [5.41, 5.74) is 5.45. The highest BCUT2D eigenvalue weighted by Gasteiger charge is 2.15. The lowest BCUT2D eigenvalue weighted by molar-refractivity contribution is -0.300. The molecular weight excluding hydrogens is 452 g/mol. The van der Waals surface area contributed by atoms with Gasteiger partial charge < -0.3 is 0 Å². The van der Waals surface area contributed by atoms with Gasteiger partial charge in [0.25, 0.3) is 0 Å². The van der Waals surface area contributed by atoms with E-state index in [1.165, 1.54) is 60.8 Å². The lowest BCUT2D eigenvalue weighted by Gasteiger charge is -2.22. The Morgan fingerprint density at radius 1 is 0.838 bits per heavy atom. The fourth-order valence-corrected chi connectivity index (χ4v) is 3.77. The first-order valence-electron chi connectivity index (χ1n) is 14.8. The van der Waals surface area contributed by atoms with Crippen molar-refractivity contribution in [3.8, 4) is 0 Å². The SMILES string of the molecule is CC.CC.CC(C)=Cc1ccccc1.CCC(C)C.COOC(C)Cc1ccc(C2CCCCC2)cc1. The molecule has 0 radical (unpaired) electrons. The predicted molar refractivity (Wildman–Crippen MR) is 167 cm³/mol. The van der Waals surface area contributed by atoms with E-state index in [0.717, 1.165) is 18.3 Å². The number of rotatable bonds is 7. The number of benzene rings is 2. The molecule has 0 aromatic heterocycles. The first-order valence-corrected chi connectivity index (χ1v) is 14.8. The molecule has 0 N–H and O–H groups in total. The highest BCUT2D eigenvalue weighted by molar-refractivity contribution is 5.51. The summed E-state index contributed by atoms with van der Waals surface area (Å²) in [6.45, 7) is 20.9. The summed E-state index contributed by atoms with van der Waals surface area (Å²) >= 11 is 0. The van der Waals surface area contributed by atoms with Crippen LogP contribution in [0.15, 0.2) is 60.2 Å². The molecule has 1 fully saturated rings. The van der Waals surface area contributed by atoms with E-state index in [9.17, 15) is 0 Å². The van der Waals surface area contributed by atoms with Gasteiger partial charge in [-0.1, -0.05) is 140 Å². The summed E-state index contributed by atoms with van der Waals surface area (Å²) in [4.78, 5) is 9.79. The first kappa shape index (κ1) is 37.3. The van der Waals surface area contributed by atoms with Gasteiger partial charge in [-0.15, -0.1) is 0 Å². The van der Waals surface area contributed by atoms with Crippen molar-refractivity contribution >= 4 is 6.08 Å². The van der Waals surface area contributed by atoms with Crippen LogP contribution in [-0.4, -0.2) is 13.2 Å². The maximum absolute atomic E-state index is 5.09. The highest BCUT2D eigenvalue weighted by atomic mass is 17.2. The minimum absolute atomic E-state index is 0.107. The zero-order valence-corrected chi connectivity index (χ0v) is 26.3. The largest absolute Gasteiger partial charge is 0.240 e. The normalized spacial score (nSPS) is 13.2. The molecule has 1 aliphatic rings. The van der Waals surface area contributed by atoms with Gasteiger partial charge in [0.15, 0.2) is 0 Å². The molecule has 2 nitrogen and oxygen atoms in total. The second-order valence-corrected chi connectivity index (χ2v) is 9.79. The van der Waals surface area contributed by atoms with Crippen LogP contribution in [0.2, 0.25) is 0 Å². The Labute approximate surface area is 231 Å². The summed E-state index contributed by atoms with van der Waals surface area (Å²) in [6, 6.07) is 19.4. The Kier molecular flexibility index (Phi) is 25.9. The van der Waals surface area contributed by atoms with E-state index < -0.39 is 0 Å². The Balaban J connectivity index is 0. The minimum Gasteiger partial charge on any atom is -0.240 e. The average Bonchev–Trinajstić information content (AvgIpc) is 2.93. The predicted octanol–water partition coefficient (Wildman–Crippen LogP) is 11.5. The lowest BCUT2D eigenvalue weighted by atomic mass is 9.84. The Bertz CT molecular complexity index is 737. The smallest absolute Gasteiger partial charge is 0.0941 e. The molecule has 2 heteroatoms. The van der Waals surface area contributed by atoms with Crippen LogP contribution in [0.25, 0.3) is 6.08 Å². The van der Waals surface area contributed by atoms with Gasteiger partial charge in [-0.2, -0.15) is 0 Å². The number of allylic oxidation sites excluding steroid dienone is 1. The maximum Gasteiger partial charge on any atom is 0.0941 e. The van der Waals surface area contributed by atoms with Crippen molar-refractivity contribution in [1.82, 2.24) is 0 Å². The zero-order valence-electron chi connectivity index (χ0n) is 26.3. The van der Waals surface area contributed by atoms with Crippen molar-refractivity contribution in [3.63, 3.8) is 0 Å². The molecule has 0 spiro atoms. The number of hydrogen-bond acceptors (Lipinski definition) is 2. The zero-order chi connectivity index (χ0) is 28.5. The molecule has 3 rings (SSSR count). The van der Waals surface area contributed by atoms with Crippen molar-refractivity contribution in [3.05, 3.63) is 76.9 Å². The standard InChI is InChI=1S/C16H24O2.C10H12.C5H12.2C2H6/c1-13(18-17-2)12-14-8-10-16(11-9-14)15-6-4-3-5-7-15;1-9(2)8-10-6-4-3-5-7-10;1-4-5(2)3;2*1-2/h8-11,13,15H,3-7,12H2,1-2H3;3-8H,1-2H3;5H,4H2,1-3H3;2*1-2H3. The third-order valence-electron chi connectivity index (χ3n) is 5.91. The molecule has 2 aromatic rings. The second kappa shape index (κ2) is 25.7. The van der Waals surface area contributed by atoms with Crippen LogP contribution >= 0.6 is 0 Å².